The number of hydrogen-bond acceptors (Lipinski definition) is 5. The van der Waals surface area contributed by atoms with Crippen molar-refractivity contribution < 1.29 is 19.4 Å². The summed E-state index contributed by atoms with van der Waals surface area (Å²) in [5, 5.41) is 8.61. The van der Waals surface area contributed by atoms with Crippen LogP contribution < -0.4 is 4.74 Å². The molecule has 0 saturated carbocycles. The fourth-order valence-electron chi connectivity index (χ4n) is 1.01. The third-order valence-corrected chi connectivity index (χ3v) is 1.73. The Morgan fingerprint density at radius 1 is 1.50 bits per heavy atom. The van der Waals surface area contributed by atoms with Crippen LogP contribution in [0.3, 0.4) is 0 Å². The topological polar surface area (TPSA) is 81.5 Å². The lowest BCUT2D eigenvalue weighted by Gasteiger charge is -2.12. The molecule has 1 heterocycles. The molecule has 0 spiro atoms. The summed E-state index contributed by atoms with van der Waals surface area (Å²) < 4.78 is 10.5. The standard InChI is InChI=1S/C10H14N2O4/c1-3-15-6-7(2)16-9-5-11-8(4-12-9)10(13)14/h4-5,7H,3,6H2,1-2H3,(H,13,14). The van der Waals surface area contributed by atoms with Crippen molar-refractivity contribution in [1.82, 2.24) is 9.97 Å². The van der Waals surface area contributed by atoms with E-state index in [1.807, 2.05) is 13.8 Å². The van der Waals surface area contributed by atoms with Gasteiger partial charge in [-0.2, -0.15) is 0 Å². The van der Waals surface area contributed by atoms with Gasteiger partial charge in [-0.05, 0) is 13.8 Å². The minimum Gasteiger partial charge on any atom is -0.476 e. The van der Waals surface area contributed by atoms with Gasteiger partial charge in [0, 0.05) is 6.61 Å². The maximum atomic E-state index is 10.5. The number of rotatable bonds is 6. The Labute approximate surface area is 93.2 Å². The summed E-state index contributed by atoms with van der Waals surface area (Å²) in [5.41, 5.74) is -0.107. The van der Waals surface area contributed by atoms with Gasteiger partial charge >= 0.3 is 5.97 Å². The summed E-state index contributed by atoms with van der Waals surface area (Å²) in [7, 11) is 0. The number of aromatic carboxylic acids is 1. The molecule has 1 atom stereocenters. The van der Waals surface area contributed by atoms with Crippen LogP contribution in [0.2, 0.25) is 0 Å². The van der Waals surface area contributed by atoms with Crippen LogP contribution in [0.5, 0.6) is 5.88 Å². The lowest BCUT2D eigenvalue weighted by Crippen LogP contribution is -2.19. The monoisotopic (exact) mass is 226 g/mol. The van der Waals surface area contributed by atoms with Crippen LogP contribution in [0.4, 0.5) is 0 Å². The number of ether oxygens (including phenoxy) is 2. The largest absolute Gasteiger partial charge is 0.476 e. The van der Waals surface area contributed by atoms with Crippen molar-refractivity contribution in [3.05, 3.63) is 18.1 Å². The van der Waals surface area contributed by atoms with Crippen LogP contribution in [-0.2, 0) is 4.74 Å². The highest BCUT2D eigenvalue weighted by Gasteiger charge is 2.08. The van der Waals surface area contributed by atoms with E-state index < -0.39 is 5.97 Å². The molecule has 0 bridgehead atoms. The molecule has 0 radical (unpaired) electrons. The summed E-state index contributed by atoms with van der Waals surface area (Å²) in [6.07, 6.45) is 2.29. The highest BCUT2D eigenvalue weighted by Crippen LogP contribution is 2.06. The van der Waals surface area contributed by atoms with Crippen molar-refractivity contribution >= 4 is 5.97 Å². The molecule has 1 rings (SSSR count). The molecule has 1 unspecified atom stereocenters. The third kappa shape index (κ3) is 3.82. The molecule has 0 aliphatic rings. The fourth-order valence-corrected chi connectivity index (χ4v) is 1.01. The quantitative estimate of drug-likeness (QED) is 0.778. The Morgan fingerprint density at radius 2 is 2.25 bits per heavy atom. The molecule has 0 amide bonds. The van der Waals surface area contributed by atoms with Gasteiger partial charge in [-0.3, -0.25) is 0 Å². The number of aromatic nitrogens is 2. The molecule has 1 aromatic rings. The number of hydrogen-bond donors (Lipinski definition) is 1. The van der Waals surface area contributed by atoms with Gasteiger partial charge < -0.3 is 14.6 Å². The molecule has 0 fully saturated rings. The van der Waals surface area contributed by atoms with Gasteiger partial charge in [0.05, 0.1) is 19.0 Å². The molecule has 16 heavy (non-hydrogen) atoms. The number of carboxylic acid groups (broad SMARTS) is 1. The summed E-state index contributed by atoms with van der Waals surface area (Å²) in [6.45, 7) is 4.81. The first-order valence-corrected chi connectivity index (χ1v) is 4.93. The number of nitrogens with zero attached hydrogens (tertiary/aromatic N) is 2. The Kier molecular flexibility index (Phi) is 4.65. The van der Waals surface area contributed by atoms with E-state index >= 15 is 0 Å². The van der Waals surface area contributed by atoms with E-state index in [4.69, 9.17) is 14.6 Å². The van der Waals surface area contributed by atoms with Crippen molar-refractivity contribution in [2.75, 3.05) is 13.2 Å². The predicted molar refractivity (Wildman–Crippen MR) is 55.6 cm³/mol. The zero-order valence-corrected chi connectivity index (χ0v) is 9.21. The minimum absolute atomic E-state index is 0.107. The summed E-state index contributed by atoms with van der Waals surface area (Å²) in [6, 6.07) is 0. The average Bonchev–Trinajstić information content (AvgIpc) is 2.27. The first-order chi connectivity index (χ1) is 7.63. The lowest BCUT2D eigenvalue weighted by atomic mass is 10.4. The highest BCUT2D eigenvalue weighted by molar-refractivity contribution is 5.84. The zero-order chi connectivity index (χ0) is 12.0. The summed E-state index contributed by atoms with van der Waals surface area (Å²) in [4.78, 5) is 18.0. The molecule has 6 nitrogen and oxygen atoms in total. The van der Waals surface area contributed by atoms with E-state index in [1.54, 1.807) is 0 Å². The smallest absolute Gasteiger partial charge is 0.356 e. The maximum Gasteiger partial charge on any atom is 0.356 e. The molecular weight excluding hydrogens is 212 g/mol. The van der Waals surface area contributed by atoms with Gasteiger partial charge in [0.25, 0.3) is 0 Å². The molecule has 0 aliphatic heterocycles. The Balaban J connectivity index is 2.51. The van der Waals surface area contributed by atoms with Crippen molar-refractivity contribution in [3.63, 3.8) is 0 Å². The maximum absolute atomic E-state index is 10.5. The van der Waals surface area contributed by atoms with Crippen LogP contribution in [-0.4, -0.2) is 40.4 Å². The second-order valence-corrected chi connectivity index (χ2v) is 3.13. The van der Waals surface area contributed by atoms with Crippen LogP contribution >= 0.6 is 0 Å². The Bertz CT molecular complexity index is 339. The van der Waals surface area contributed by atoms with E-state index in [-0.39, 0.29) is 17.7 Å². The van der Waals surface area contributed by atoms with Crippen molar-refractivity contribution in [2.24, 2.45) is 0 Å². The molecule has 0 saturated heterocycles. The SMILES string of the molecule is CCOCC(C)Oc1cnc(C(=O)O)cn1. The average molecular weight is 226 g/mol. The van der Waals surface area contributed by atoms with Crippen molar-refractivity contribution in [2.45, 2.75) is 20.0 Å². The van der Waals surface area contributed by atoms with E-state index in [0.717, 1.165) is 6.20 Å². The molecular formula is C10H14N2O4. The molecule has 1 aromatic heterocycles. The van der Waals surface area contributed by atoms with Gasteiger partial charge in [-0.25, -0.2) is 14.8 Å². The molecule has 6 heteroatoms. The zero-order valence-electron chi connectivity index (χ0n) is 9.21. The molecule has 0 aromatic carbocycles. The normalized spacial score (nSPS) is 12.1. The second kappa shape index (κ2) is 6.02. The first kappa shape index (κ1) is 12.4. The van der Waals surface area contributed by atoms with Gasteiger partial charge in [0.2, 0.25) is 5.88 Å². The van der Waals surface area contributed by atoms with Gasteiger partial charge in [-0.1, -0.05) is 0 Å². The minimum atomic E-state index is -1.11. The summed E-state index contributed by atoms with van der Waals surface area (Å²) in [5.74, 6) is -0.821. The van der Waals surface area contributed by atoms with Crippen molar-refractivity contribution in [3.8, 4) is 5.88 Å². The molecule has 88 valence electrons. The van der Waals surface area contributed by atoms with Crippen LogP contribution in [0.15, 0.2) is 12.4 Å². The van der Waals surface area contributed by atoms with Crippen LogP contribution in [0.25, 0.3) is 0 Å². The number of carbonyl (C=O) groups is 1. The molecule has 1 N–H and O–H groups in total. The van der Waals surface area contributed by atoms with E-state index in [0.29, 0.717) is 13.2 Å². The van der Waals surface area contributed by atoms with Crippen molar-refractivity contribution in [1.29, 1.82) is 0 Å². The highest BCUT2D eigenvalue weighted by atomic mass is 16.5. The lowest BCUT2D eigenvalue weighted by molar-refractivity contribution is 0.0627. The number of carboxylic acids is 1. The third-order valence-electron chi connectivity index (χ3n) is 1.73. The van der Waals surface area contributed by atoms with E-state index in [2.05, 4.69) is 9.97 Å². The predicted octanol–water partition coefficient (Wildman–Crippen LogP) is 0.979. The van der Waals surface area contributed by atoms with Gasteiger partial charge in [-0.15, -0.1) is 0 Å². The Morgan fingerprint density at radius 3 is 2.75 bits per heavy atom. The van der Waals surface area contributed by atoms with E-state index in [9.17, 15) is 4.79 Å². The fraction of sp³-hybridized carbons (Fsp3) is 0.500. The summed E-state index contributed by atoms with van der Waals surface area (Å²) >= 11 is 0. The Hall–Kier alpha value is -1.69. The first-order valence-electron chi connectivity index (χ1n) is 4.93. The van der Waals surface area contributed by atoms with Gasteiger partial charge in [0.1, 0.15) is 6.10 Å². The van der Waals surface area contributed by atoms with Crippen LogP contribution in [0.1, 0.15) is 24.3 Å². The second-order valence-electron chi connectivity index (χ2n) is 3.13. The van der Waals surface area contributed by atoms with Crippen LogP contribution in [0, 0.1) is 0 Å². The van der Waals surface area contributed by atoms with E-state index in [1.165, 1.54) is 6.20 Å². The van der Waals surface area contributed by atoms with Gasteiger partial charge in [0.15, 0.2) is 5.69 Å². The molecule has 0 aliphatic carbocycles.